The largest absolute Gasteiger partial charge is 0.432 e. The molecule has 1 saturated heterocycles. The topological polar surface area (TPSA) is 49.8 Å². The van der Waals surface area contributed by atoms with Crippen molar-refractivity contribution in [2.24, 2.45) is 5.41 Å². The number of halogens is 2. The van der Waals surface area contributed by atoms with E-state index in [-0.39, 0.29) is 17.8 Å². The first-order valence-corrected chi connectivity index (χ1v) is 10.3. The highest BCUT2D eigenvalue weighted by Gasteiger charge is 2.50. The van der Waals surface area contributed by atoms with Crippen molar-refractivity contribution in [3.63, 3.8) is 0 Å². The molecule has 2 aromatic carbocycles. The molecule has 7 heteroatoms. The van der Waals surface area contributed by atoms with Crippen LogP contribution in [0.5, 0.6) is 0 Å². The van der Waals surface area contributed by atoms with Gasteiger partial charge in [-0.1, -0.05) is 35.9 Å². The Morgan fingerprint density at radius 1 is 1.31 bits per heavy atom. The van der Waals surface area contributed by atoms with Crippen LogP contribution >= 0.6 is 11.6 Å². The lowest BCUT2D eigenvalue weighted by atomic mass is 9.83. The molecule has 4 nitrogen and oxygen atoms in total. The van der Waals surface area contributed by atoms with Crippen LogP contribution in [0.1, 0.15) is 25.8 Å². The molecule has 0 saturated carbocycles. The molecule has 0 bridgehead atoms. The molecule has 1 heterocycles. The van der Waals surface area contributed by atoms with Gasteiger partial charge in [0, 0.05) is 23.2 Å². The average Bonchev–Trinajstić information content (AvgIpc) is 2.93. The average molecular weight is 418 g/mol. The van der Waals surface area contributed by atoms with Crippen molar-refractivity contribution in [2.75, 3.05) is 13.2 Å². The van der Waals surface area contributed by atoms with Gasteiger partial charge in [-0.05, 0) is 62.8 Å². The van der Waals surface area contributed by atoms with Crippen LogP contribution in [0.15, 0.2) is 42.5 Å². The molecule has 1 unspecified atom stereocenters. The molecule has 0 aromatic heterocycles. The molecule has 3 rings (SSSR count). The quantitative estimate of drug-likeness (QED) is 0.678. The van der Waals surface area contributed by atoms with Crippen LogP contribution in [0, 0.1) is 11.2 Å². The monoisotopic (exact) mass is 417 g/mol. The molecule has 29 heavy (non-hydrogen) atoms. The number of benzene rings is 2. The van der Waals surface area contributed by atoms with Crippen molar-refractivity contribution >= 4 is 24.6 Å². The van der Waals surface area contributed by atoms with E-state index in [0.29, 0.717) is 36.6 Å². The van der Waals surface area contributed by atoms with E-state index < -0.39 is 12.5 Å². The van der Waals surface area contributed by atoms with Gasteiger partial charge >= 0.3 is 7.05 Å². The van der Waals surface area contributed by atoms with Gasteiger partial charge in [0.1, 0.15) is 5.82 Å². The third-order valence-corrected chi connectivity index (χ3v) is 5.76. The standard InChI is InChI=1S/C22H26BClFNO3/c1-4-29-14-22(2)13-18(26(21(22)27)23(3)28)11-15-5-7-16(8-6-15)19-12-17(24)9-10-20(19)25/h5-10,12,18,28H,4,11,13-14H2,1-3H3/t18?,22-/m0/s1. The van der Waals surface area contributed by atoms with Gasteiger partial charge < -0.3 is 14.6 Å². The molecule has 1 N–H and O–H groups in total. The number of hydrogen-bond donors (Lipinski definition) is 1. The van der Waals surface area contributed by atoms with E-state index >= 15 is 0 Å². The van der Waals surface area contributed by atoms with E-state index in [9.17, 15) is 14.2 Å². The Labute approximate surface area is 176 Å². The lowest BCUT2D eigenvalue weighted by molar-refractivity contribution is -0.135. The predicted molar refractivity (Wildman–Crippen MR) is 114 cm³/mol. The third-order valence-electron chi connectivity index (χ3n) is 5.52. The molecular formula is C22H26BClFNO3. The molecule has 1 fully saturated rings. The van der Waals surface area contributed by atoms with Gasteiger partial charge in [-0.25, -0.2) is 4.39 Å². The summed E-state index contributed by atoms with van der Waals surface area (Å²) >= 11 is 6.00. The lowest BCUT2D eigenvalue weighted by Gasteiger charge is -2.26. The van der Waals surface area contributed by atoms with Crippen molar-refractivity contribution in [1.82, 2.24) is 4.81 Å². The molecule has 0 radical (unpaired) electrons. The third kappa shape index (κ3) is 4.66. The first kappa shape index (κ1) is 21.8. The van der Waals surface area contributed by atoms with Crippen LogP contribution < -0.4 is 0 Å². The molecule has 0 aliphatic carbocycles. The number of rotatable bonds is 7. The highest BCUT2D eigenvalue weighted by Crippen LogP contribution is 2.38. The van der Waals surface area contributed by atoms with Crippen LogP contribution in [-0.4, -0.2) is 42.0 Å². The SMILES string of the molecule is CCOC[C@]1(C)CC(Cc2ccc(-c3cc(Cl)ccc3F)cc2)N(B(C)O)C1=O. The maximum atomic E-state index is 14.1. The van der Waals surface area contributed by atoms with E-state index in [2.05, 4.69) is 0 Å². The number of carbonyl (C=O) groups excluding carboxylic acids is 1. The Kier molecular flexibility index (Phi) is 6.67. The zero-order chi connectivity index (χ0) is 21.2. The fourth-order valence-corrected chi connectivity index (χ4v) is 4.26. The Morgan fingerprint density at radius 2 is 2.00 bits per heavy atom. The Balaban J connectivity index is 1.79. The van der Waals surface area contributed by atoms with E-state index in [4.69, 9.17) is 16.3 Å². The maximum Gasteiger partial charge on any atom is 0.412 e. The molecule has 2 atom stereocenters. The molecule has 0 spiro atoms. The van der Waals surface area contributed by atoms with Crippen LogP contribution in [-0.2, 0) is 16.0 Å². The summed E-state index contributed by atoms with van der Waals surface area (Å²) in [5, 5.41) is 10.7. The normalized spacial score (nSPS) is 21.7. The van der Waals surface area contributed by atoms with Gasteiger partial charge in [0.25, 0.3) is 0 Å². The van der Waals surface area contributed by atoms with Crippen molar-refractivity contribution in [3.8, 4) is 11.1 Å². The van der Waals surface area contributed by atoms with E-state index in [1.165, 1.54) is 12.1 Å². The highest BCUT2D eigenvalue weighted by molar-refractivity contribution is 6.49. The van der Waals surface area contributed by atoms with Crippen LogP contribution in [0.4, 0.5) is 4.39 Å². The first-order chi connectivity index (χ1) is 13.7. The van der Waals surface area contributed by atoms with Crippen molar-refractivity contribution in [2.45, 2.75) is 39.6 Å². The summed E-state index contributed by atoms with van der Waals surface area (Å²) in [5.41, 5.74) is 1.57. The van der Waals surface area contributed by atoms with Gasteiger partial charge in [0.15, 0.2) is 0 Å². The summed E-state index contributed by atoms with van der Waals surface area (Å²) in [6.45, 7) is 6.30. The molecule has 154 valence electrons. The zero-order valence-electron chi connectivity index (χ0n) is 17.0. The second-order valence-corrected chi connectivity index (χ2v) is 8.36. The Morgan fingerprint density at radius 3 is 2.62 bits per heavy atom. The fraction of sp³-hybridized carbons (Fsp3) is 0.409. The number of nitrogens with zero attached hydrogens (tertiary/aromatic N) is 1. The highest BCUT2D eigenvalue weighted by atomic mass is 35.5. The van der Waals surface area contributed by atoms with Gasteiger partial charge in [-0.2, -0.15) is 0 Å². The first-order valence-electron chi connectivity index (χ1n) is 9.88. The summed E-state index contributed by atoms with van der Waals surface area (Å²) in [4.78, 5) is 14.5. The van der Waals surface area contributed by atoms with Gasteiger partial charge in [0.2, 0.25) is 5.91 Å². The lowest BCUT2D eigenvalue weighted by Crippen LogP contribution is -2.46. The van der Waals surface area contributed by atoms with Gasteiger partial charge in [0.05, 0.1) is 12.0 Å². The Hall–Kier alpha value is -1.89. The van der Waals surface area contributed by atoms with E-state index in [1.807, 2.05) is 38.1 Å². The summed E-state index contributed by atoms with van der Waals surface area (Å²) in [5.74, 6) is -0.404. The van der Waals surface area contributed by atoms with Crippen LogP contribution in [0.2, 0.25) is 11.8 Å². The Bertz CT molecular complexity index is 877. The second kappa shape index (κ2) is 8.86. The van der Waals surface area contributed by atoms with Crippen LogP contribution in [0.3, 0.4) is 0 Å². The second-order valence-electron chi connectivity index (χ2n) is 7.93. The summed E-state index contributed by atoms with van der Waals surface area (Å²) < 4.78 is 19.6. The number of amides is 1. The van der Waals surface area contributed by atoms with E-state index in [0.717, 1.165) is 11.1 Å². The zero-order valence-corrected chi connectivity index (χ0v) is 17.7. The molecule has 1 amide bonds. The fourth-order valence-electron chi connectivity index (χ4n) is 4.09. The molecule has 2 aromatic rings. The van der Waals surface area contributed by atoms with Gasteiger partial charge in [-0.3, -0.25) is 4.79 Å². The van der Waals surface area contributed by atoms with Crippen molar-refractivity contribution in [3.05, 3.63) is 58.9 Å². The van der Waals surface area contributed by atoms with Gasteiger partial charge in [-0.15, -0.1) is 0 Å². The molecule has 1 aliphatic heterocycles. The van der Waals surface area contributed by atoms with E-state index in [1.54, 1.807) is 17.7 Å². The number of carbonyl (C=O) groups is 1. The minimum absolute atomic E-state index is 0.0800. The van der Waals surface area contributed by atoms with Crippen molar-refractivity contribution < 1.29 is 18.9 Å². The summed E-state index contributed by atoms with van der Waals surface area (Å²) in [7, 11) is -0.865. The van der Waals surface area contributed by atoms with Crippen molar-refractivity contribution in [1.29, 1.82) is 0 Å². The number of ether oxygens (including phenoxy) is 1. The molecule has 1 aliphatic rings. The van der Waals surface area contributed by atoms with Crippen LogP contribution in [0.25, 0.3) is 11.1 Å². The summed E-state index contributed by atoms with van der Waals surface area (Å²) in [6, 6.07) is 11.9. The maximum absolute atomic E-state index is 14.1. The minimum Gasteiger partial charge on any atom is -0.432 e. The number of hydrogen-bond acceptors (Lipinski definition) is 3. The minimum atomic E-state index is -0.865. The molecular weight excluding hydrogens is 392 g/mol. The smallest absolute Gasteiger partial charge is 0.412 e. The predicted octanol–water partition coefficient (Wildman–Crippen LogP) is 4.44. The summed E-state index contributed by atoms with van der Waals surface area (Å²) in [6.07, 6.45) is 1.22.